The second-order valence-electron chi connectivity index (χ2n) is 9.69. The molecule has 0 radical (unpaired) electrons. The number of rotatable bonds is 10. The molecule has 0 amide bonds. The first-order valence-electron chi connectivity index (χ1n) is 12.8. The number of aromatic nitrogens is 4. The Morgan fingerprint density at radius 1 is 1.10 bits per heavy atom. The monoisotopic (exact) mass is 539 g/mol. The van der Waals surface area contributed by atoms with Gasteiger partial charge in [0.25, 0.3) is 0 Å². The first-order chi connectivity index (χ1) is 19.3. The van der Waals surface area contributed by atoms with Crippen LogP contribution in [-0.4, -0.2) is 32.2 Å². The van der Waals surface area contributed by atoms with Gasteiger partial charge in [-0.2, -0.15) is 4.98 Å². The summed E-state index contributed by atoms with van der Waals surface area (Å²) in [5, 5.41) is 3.10. The lowest BCUT2D eigenvalue weighted by Crippen LogP contribution is -2.47. The molecule has 5 rings (SSSR count). The number of hydrogen-bond donors (Lipinski definition) is 1. The lowest BCUT2D eigenvalue weighted by Gasteiger charge is -2.24. The van der Waals surface area contributed by atoms with Crippen LogP contribution in [-0.2, 0) is 16.1 Å². The van der Waals surface area contributed by atoms with Gasteiger partial charge in [0, 0.05) is 18.0 Å². The molecule has 1 atom stereocenters. The van der Waals surface area contributed by atoms with Gasteiger partial charge < -0.3 is 14.8 Å². The van der Waals surface area contributed by atoms with Gasteiger partial charge in [-0.1, -0.05) is 42.0 Å². The molecule has 0 saturated heterocycles. The van der Waals surface area contributed by atoms with Crippen LogP contribution in [0, 0.1) is 12.3 Å². The Morgan fingerprint density at radius 3 is 2.42 bits per heavy atom. The third-order valence-electron chi connectivity index (χ3n) is 6.98. The van der Waals surface area contributed by atoms with Crippen LogP contribution in [0.1, 0.15) is 30.0 Å². The number of benzene rings is 2. The number of nitrogens with zero attached hydrogens (tertiary/aromatic N) is 4. The molecule has 40 heavy (non-hydrogen) atoms. The summed E-state index contributed by atoms with van der Waals surface area (Å²) in [4.78, 5) is 48.3. The highest BCUT2D eigenvalue weighted by molar-refractivity contribution is 5.80. The van der Waals surface area contributed by atoms with E-state index in [0.717, 1.165) is 15.7 Å². The van der Waals surface area contributed by atoms with Crippen molar-refractivity contribution in [2.75, 3.05) is 12.4 Å². The van der Waals surface area contributed by atoms with Gasteiger partial charge in [0.1, 0.15) is 5.75 Å². The average Bonchev–Trinajstić information content (AvgIpc) is 3.77. The maximum absolute atomic E-state index is 13.9. The van der Waals surface area contributed by atoms with Crippen LogP contribution in [0.25, 0.3) is 0 Å². The number of pyridine rings is 1. The van der Waals surface area contributed by atoms with E-state index in [9.17, 15) is 14.4 Å². The zero-order valence-corrected chi connectivity index (χ0v) is 22.2. The van der Waals surface area contributed by atoms with Crippen molar-refractivity contribution >= 4 is 17.6 Å². The van der Waals surface area contributed by atoms with E-state index in [4.69, 9.17) is 9.47 Å². The number of carbonyl (C=O) groups is 1. The van der Waals surface area contributed by atoms with Crippen molar-refractivity contribution in [2.45, 2.75) is 32.4 Å². The fraction of sp³-hybridized carbons (Fsp3) is 0.233. The molecule has 10 heteroatoms. The van der Waals surface area contributed by atoms with Crippen LogP contribution >= 0.6 is 0 Å². The van der Waals surface area contributed by atoms with Gasteiger partial charge in [-0.25, -0.2) is 19.1 Å². The predicted molar refractivity (Wildman–Crippen MR) is 150 cm³/mol. The van der Waals surface area contributed by atoms with Gasteiger partial charge in [-0.15, -0.1) is 6.58 Å². The summed E-state index contributed by atoms with van der Waals surface area (Å²) in [6.45, 7) is 5.94. The third-order valence-corrected chi connectivity index (χ3v) is 6.98. The van der Waals surface area contributed by atoms with E-state index in [-0.39, 0.29) is 12.5 Å². The molecule has 2 heterocycles. The van der Waals surface area contributed by atoms with Crippen LogP contribution in [0.4, 0.5) is 11.6 Å². The largest absolute Gasteiger partial charge is 0.469 e. The molecule has 1 aliphatic carbocycles. The molecule has 0 bridgehead atoms. The zero-order valence-electron chi connectivity index (χ0n) is 22.2. The van der Waals surface area contributed by atoms with E-state index < -0.39 is 28.8 Å². The molecule has 0 unspecified atom stereocenters. The molecule has 1 aliphatic rings. The highest BCUT2D eigenvalue weighted by atomic mass is 16.5. The molecule has 1 fully saturated rings. The number of allylic oxidation sites excluding steroid dienone is 1. The highest BCUT2D eigenvalue weighted by Gasteiger charge is 2.57. The standard InChI is InChI=1S/C30H29N5O5/c1-4-24(30(16-17-30)26(36)39-3)35-28(37)33-27(34(29(35)38)19-21-10-8-20(2)9-11-21)32-22-12-14-23(15-13-22)40-25-7-5-6-18-31-25/h4-15,18,24H,1,16-17,19H2,2-3H3,(H,32,33,37)/t24-/m1/s1. The van der Waals surface area contributed by atoms with Gasteiger partial charge in [0.05, 0.1) is 25.1 Å². The normalized spacial score (nSPS) is 14.2. The number of carbonyl (C=O) groups excluding carboxylic acids is 1. The smallest absolute Gasteiger partial charge is 0.355 e. The predicted octanol–water partition coefficient (Wildman–Crippen LogP) is 4.37. The number of aryl methyl sites for hydroxylation is 1. The molecule has 1 N–H and O–H groups in total. The van der Waals surface area contributed by atoms with Crippen molar-refractivity contribution in [1.82, 2.24) is 19.1 Å². The number of ether oxygens (including phenoxy) is 2. The van der Waals surface area contributed by atoms with Gasteiger partial charge in [-0.3, -0.25) is 9.36 Å². The lowest BCUT2D eigenvalue weighted by atomic mass is 9.96. The summed E-state index contributed by atoms with van der Waals surface area (Å²) in [6.07, 6.45) is 4.04. The SMILES string of the molecule is C=C[C@@H](n1c(=O)nc(Nc2ccc(Oc3ccccn3)cc2)n(Cc2ccc(C)cc2)c1=O)C1(C(=O)OC)CC1. The third kappa shape index (κ3) is 5.28. The minimum atomic E-state index is -1.01. The first-order valence-corrected chi connectivity index (χ1v) is 12.8. The van der Waals surface area contributed by atoms with E-state index in [1.165, 1.54) is 17.8 Å². The minimum Gasteiger partial charge on any atom is -0.469 e. The summed E-state index contributed by atoms with van der Waals surface area (Å²) < 4.78 is 13.1. The van der Waals surface area contributed by atoms with Crippen LogP contribution in [0.3, 0.4) is 0 Å². The molecule has 2 aromatic carbocycles. The van der Waals surface area contributed by atoms with Crippen LogP contribution in [0.2, 0.25) is 0 Å². The van der Waals surface area contributed by atoms with E-state index in [2.05, 4.69) is 21.9 Å². The highest BCUT2D eigenvalue weighted by Crippen LogP contribution is 2.55. The molecule has 0 aliphatic heterocycles. The van der Waals surface area contributed by atoms with Crippen molar-refractivity contribution in [3.05, 3.63) is 118 Å². The summed E-state index contributed by atoms with van der Waals surface area (Å²) in [7, 11) is 1.29. The first kappa shape index (κ1) is 26.6. The lowest BCUT2D eigenvalue weighted by molar-refractivity contribution is -0.148. The number of anilines is 2. The minimum absolute atomic E-state index is 0.0657. The fourth-order valence-corrected chi connectivity index (χ4v) is 4.66. The Kier molecular flexibility index (Phi) is 7.33. The Bertz CT molecular complexity index is 1640. The fourth-order valence-electron chi connectivity index (χ4n) is 4.66. The van der Waals surface area contributed by atoms with Crippen molar-refractivity contribution in [2.24, 2.45) is 5.41 Å². The molecule has 204 valence electrons. The second kappa shape index (κ2) is 11.0. The van der Waals surface area contributed by atoms with E-state index in [1.807, 2.05) is 37.3 Å². The molecule has 2 aromatic heterocycles. The van der Waals surface area contributed by atoms with E-state index >= 15 is 0 Å². The Balaban J connectivity index is 1.53. The van der Waals surface area contributed by atoms with Gasteiger partial charge in [0.2, 0.25) is 11.8 Å². The van der Waals surface area contributed by atoms with E-state index in [1.54, 1.807) is 42.6 Å². The Morgan fingerprint density at radius 2 is 1.82 bits per heavy atom. The number of hydrogen-bond acceptors (Lipinski definition) is 8. The molecule has 10 nitrogen and oxygen atoms in total. The summed E-state index contributed by atoms with van der Waals surface area (Å²) in [5.74, 6) is 0.605. The Hall–Kier alpha value is -4.99. The molecule has 1 saturated carbocycles. The second-order valence-corrected chi connectivity index (χ2v) is 9.69. The quantitative estimate of drug-likeness (QED) is 0.233. The molecule has 4 aromatic rings. The molecular formula is C30H29N5O5. The van der Waals surface area contributed by atoms with Crippen molar-refractivity contribution < 1.29 is 14.3 Å². The van der Waals surface area contributed by atoms with Crippen molar-refractivity contribution in [3.8, 4) is 11.6 Å². The van der Waals surface area contributed by atoms with Gasteiger partial charge in [0.15, 0.2) is 0 Å². The summed E-state index contributed by atoms with van der Waals surface area (Å²) in [5.41, 5.74) is 0.0862. The van der Waals surface area contributed by atoms with Crippen LogP contribution in [0.15, 0.2) is 95.2 Å². The van der Waals surface area contributed by atoms with Gasteiger partial charge >= 0.3 is 17.3 Å². The summed E-state index contributed by atoms with van der Waals surface area (Å²) >= 11 is 0. The van der Waals surface area contributed by atoms with Crippen LogP contribution in [0.5, 0.6) is 11.6 Å². The van der Waals surface area contributed by atoms with Gasteiger partial charge in [-0.05, 0) is 55.7 Å². The summed E-state index contributed by atoms with van der Waals surface area (Å²) in [6, 6.07) is 19.2. The number of esters is 1. The zero-order chi connectivity index (χ0) is 28.3. The van der Waals surface area contributed by atoms with Crippen molar-refractivity contribution in [3.63, 3.8) is 0 Å². The van der Waals surface area contributed by atoms with Crippen molar-refractivity contribution in [1.29, 1.82) is 0 Å². The number of nitrogens with one attached hydrogen (secondary N) is 1. The number of methoxy groups -OCH3 is 1. The Labute approximate surface area is 230 Å². The maximum Gasteiger partial charge on any atom is 0.355 e. The topological polar surface area (TPSA) is 117 Å². The molecular weight excluding hydrogens is 510 g/mol. The van der Waals surface area contributed by atoms with Crippen LogP contribution < -0.4 is 21.4 Å². The maximum atomic E-state index is 13.9. The molecule has 0 spiro atoms. The van der Waals surface area contributed by atoms with E-state index in [0.29, 0.717) is 30.2 Å². The average molecular weight is 540 g/mol.